The van der Waals surface area contributed by atoms with Crippen LogP contribution < -0.4 is 0 Å². The van der Waals surface area contributed by atoms with Crippen LogP contribution in [0.25, 0.3) is 11.3 Å². The van der Waals surface area contributed by atoms with Crippen LogP contribution in [-0.4, -0.2) is 17.9 Å². The second-order valence-corrected chi connectivity index (χ2v) is 6.24. The molecule has 2 heteroatoms. The molecule has 0 aromatic heterocycles. The Hall–Kier alpha value is -3.13. The summed E-state index contributed by atoms with van der Waals surface area (Å²) in [5.41, 5.74) is 5.25. The van der Waals surface area contributed by atoms with Gasteiger partial charge in [-0.2, -0.15) is 0 Å². The topological polar surface area (TPSA) is 20.3 Å². The average molecular weight is 325 g/mol. The molecule has 0 saturated heterocycles. The standard InChI is InChI=1S/C23H19NO/c1-24-22(19-15-9-4-10-16-19)20(17-11-5-2-6-12-17)21(23(24)25)18-13-7-3-8-14-18/h2-16,21H,1H3. The molecule has 4 rings (SSSR count). The lowest BCUT2D eigenvalue weighted by atomic mass is 9.86. The lowest BCUT2D eigenvalue weighted by Gasteiger charge is -2.15. The van der Waals surface area contributed by atoms with E-state index in [-0.39, 0.29) is 11.8 Å². The molecular formula is C23H19NO. The van der Waals surface area contributed by atoms with Gasteiger partial charge in [0.1, 0.15) is 0 Å². The van der Waals surface area contributed by atoms with E-state index in [0.29, 0.717) is 0 Å². The van der Waals surface area contributed by atoms with Crippen LogP contribution in [0.3, 0.4) is 0 Å². The highest BCUT2D eigenvalue weighted by molar-refractivity contribution is 6.14. The van der Waals surface area contributed by atoms with Crippen molar-refractivity contribution < 1.29 is 4.79 Å². The predicted octanol–water partition coefficient (Wildman–Crippen LogP) is 4.81. The predicted molar refractivity (Wildman–Crippen MR) is 102 cm³/mol. The number of likely N-dealkylation sites (N-methyl/N-ethyl adjacent to an activating group) is 1. The van der Waals surface area contributed by atoms with Crippen LogP contribution in [0.4, 0.5) is 0 Å². The van der Waals surface area contributed by atoms with Crippen molar-refractivity contribution in [2.45, 2.75) is 5.92 Å². The molecule has 1 amide bonds. The second kappa shape index (κ2) is 6.40. The molecule has 1 heterocycles. The van der Waals surface area contributed by atoms with E-state index in [1.54, 1.807) is 4.90 Å². The molecule has 1 aliphatic rings. The second-order valence-electron chi connectivity index (χ2n) is 6.24. The van der Waals surface area contributed by atoms with E-state index in [0.717, 1.165) is 28.0 Å². The molecule has 3 aromatic carbocycles. The zero-order valence-corrected chi connectivity index (χ0v) is 14.1. The summed E-state index contributed by atoms with van der Waals surface area (Å²) >= 11 is 0. The van der Waals surface area contributed by atoms with E-state index in [2.05, 4.69) is 24.3 Å². The highest BCUT2D eigenvalue weighted by Gasteiger charge is 2.39. The summed E-state index contributed by atoms with van der Waals surface area (Å²) in [7, 11) is 1.87. The third-order valence-corrected chi connectivity index (χ3v) is 4.72. The van der Waals surface area contributed by atoms with Crippen LogP contribution >= 0.6 is 0 Å². The Morgan fingerprint density at radius 2 is 1.16 bits per heavy atom. The summed E-state index contributed by atoms with van der Waals surface area (Å²) in [5.74, 6) is -0.160. The van der Waals surface area contributed by atoms with Crippen LogP contribution in [0.15, 0.2) is 91.0 Å². The number of hydrogen-bond donors (Lipinski definition) is 0. The van der Waals surface area contributed by atoms with Crippen LogP contribution in [0.5, 0.6) is 0 Å². The zero-order chi connectivity index (χ0) is 17.2. The molecule has 25 heavy (non-hydrogen) atoms. The fourth-order valence-electron chi connectivity index (χ4n) is 3.57. The number of amides is 1. The molecule has 1 unspecified atom stereocenters. The van der Waals surface area contributed by atoms with E-state index in [9.17, 15) is 4.79 Å². The number of hydrogen-bond acceptors (Lipinski definition) is 1. The number of carbonyl (C=O) groups is 1. The lowest BCUT2D eigenvalue weighted by molar-refractivity contribution is -0.126. The zero-order valence-electron chi connectivity index (χ0n) is 14.1. The monoisotopic (exact) mass is 325 g/mol. The molecule has 2 nitrogen and oxygen atoms in total. The quantitative estimate of drug-likeness (QED) is 0.676. The maximum Gasteiger partial charge on any atom is 0.238 e. The van der Waals surface area contributed by atoms with Crippen LogP contribution in [-0.2, 0) is 4.79 Å². The van der Waals surface area contributed by atoms with Crippen molar-refractivity contribution in [3.63, 3.8) is 0 Å². The normalized spacial score (nSPS) is 17.2. The summed E-state index contributed by atoms with van der Waals surface area (Å²) in [5, 5.41) is 0. The molecule has 122 valence electrons. The van der Waals surface area contributed by atoms with Gasteiger partial charge in [0.15, 0.2) is 0 Å². The Balaban J connectivity index is 1.99. The Morgan fingerprint density at radius 3 is 1.72 bits per heavy atom. The van der Waals surface area contributed by atoms with Gasteiger partial charge in [0.05, 0.1) is 11.6 Å². The highest BCUT2D eigenvalue weighted by atomic mass is 16.2. The van der Waals surface area contributed by atoms with Crippen LogP contribution in [0.1, 0.15) is 22.6 Å². The van der Waals surface area contributed by atoms with Crippen molar-refractivity contribution in [3.05, 3.63) is 108 Å². The molecular weight excluding hydrogens is 306 g/mol. The van der Waals surface area contributed by atoms with Crippen molar-refractivity contribution >= 4 is 17.2 Å². The summed E-state index contributed by atoms with van der Waals surface area (Å²) in [6.45, 7) is 0. The molecule has 0 bridgehead atoms. The van der Waals surface area contributed by atoms with Gasteiger partial charge in [-0.3, -0.25) is 4.79 Å². The molecule has 0 radical (unpaired) electrons. The maximum absolute atomic E-state index is 13.2. The molecule has 1 atom stereocenters. The fraction of sp³-hybridized carbons (Fsp3) is 0.0870. The third-order valence-electron chi connectivity index (χ3n) is 4.72. The Bertz CT molecular complexity index is 914. The summed E-state index contributed by atoms with van der Waals surface area (Å²) in [6.07, 6.45) is 0. The van der Waals surface area contributed by atoms with Gasteiger partial charge < -0.3 is 4.90 Å². The smallest absolute Gasteiger partial charge is 0.238 e. The van der Waals surface area contributed by atoms with Gasteiger partial charge >= 0.3 is 0 Å². The van der Waals surface area contributed by atoms with Crippen molar-refractivity contribution in [3.8, 4) is 0 Å². The van der Waals surface area contributed by atoms with E-state index in [1.807, 2.05) is 73.8 Å². The van der Waals surface area contributed by atoms with E-state index in [4.69, 9.17) is 0 Å². The summed E-state index contributed by atoms with van der Waals surface area (Å²) in [4.78, 5) is 15.0. The van der Waals surface area contributed by atoms with Crippen LogP contribution in [0.2, 0.25) is 0 Å². The number of carbonyl (C=O) groups excluding carboxylic acids is 1. The van der Waals surface area contributed by atoms with Gasteiger partial charge in [0, 0.05) is 12.6 Å². The van der Waals surface area contributed by atoms with Crippen molar-refractivity contribution in [2.24, 2.45) is 0 Å². The Kier molecular flexibility index (Phi) is 3.95. The Labute approximate surface area is 148 Å². The molecule has 0 N–H and O–H groups in total. The lowest BCUT2D eigenvalue weighted by Crippen LogP contribution is -2.23. The van der Waals surface area contributed by atoms with Crippen LogP contribution in [0, 0.1) is 0 Å². The van der Waals surface area contributed by atoms with E-state index >= 15 is 0 Å². The number of nitrogens with zero attached hydrogens (tertiary/aromatic N) is 1. The van der Waals surface area contributed by atoms with E-state index in [1.165, 1.54) is 0 Å². The van der Waals surface area contributed by atoms with E-state index < -0.39 is 0 Å². The van der Waals surface area contributed by atoms with Gasteiger partial charge in [-0.05, 0) is 16.7 Å². The number of benzene rings is 3. The summed E-state index contributed by atoms with van der Waals surface area (Å²) < 4.78 is 0. The van der Waals surface area contributed by atoms with Gasteiger partial charge in [0.2, 0.25) is 5.91 Å². The summed E-state index contributed by atoms with van der Waals surface area (Å²) in [6, 6.07) is 30.4. The molecule has 0 saturated carbocycles. The molecule has 0 fully saturated rings. The molecule has 0 aliphatic carbocycles. The van der Waals surface area contributed by atoms with Crippen molar-refractivity contribution in [1.29, 1.82) is 0 Å². The first-order valence-corrected chi connectivity index (χ1v) is 8.45. The number of rotatable bonds is 3. The first-order chi connectivity index (χ1) is 12.3. The SMILES string of the molecule is CN1C(=O)C(c2ccccc2)C(c2ccccc2)=C1c1ccccc1. The van der Waals surface area contributed by atoms with Gasteiger partial charge in [0.25, 0.3) is 0 Å². The molecule has 0 spiro atoms. The van der Waals surface area contributed by atoms with Crippen molar-refractivity contribution in [2.75, 3.05) is 7.05 Å². The largest absolute Gasteiger partial charge is 0.314 e. The van der Waals surface area contributed by atoms with Gasteiger partial charge in [-0.1, -0.05) is 91.0 Å². The first-order valence-electron chi connectivity index (χ1n) is 8.45. The highest BCUT2D eigenvalue weighted by Crippen LogP contribution is 2.46. The third kappa shape index (κ3) is 2.66. The maximum atomic E-state index is 13.2. The first kappa shape index (κ1) is 15.4. The van der Waals surface area contributed by atoms with Gasteiger partial charge in [-0.25, -0.2) is 0 Å². The molecule has 1 aliphatic heterocycles. The molecule has 3 aromatic rings. The fourth-order valence-corrected chi connectivity index (χ4v) is 3.57. The average Bonchev–Trinajstić information content (AvgIpc) is 2.95. The van der Waals surface area contributed by atoms with Crippen molar-refractivity contribution in [1.82, 2.24) is 4.90 Å². The Morgan fingerprint density at radius 1 is 0.680 bits per heavy atom. The van der Waals surface area contributed by atoms with Gasteiger partial charge in [-0.15, -0.1) is 0 Å². The minimum absolute atomic E-state index is 0.115. The minimum atomic E-state index is -0.274. The minimum Gasteiger partial charge on any atom is -0.314 e.